The summed E-state index contributed by atoms with van der Waals surface area (Å²) >= 11 is 0. The molecule has 0 saturated heterocycles. The van der Waals surface area contributed by atoms with Gasteiger partial charge in [-0.25, -0.2) is 4.98 Å². The van der Waals surface area contributed by atoms with Gasteiger partial charge in [0.2, 0.25) is 0 Å². The summed E-state index contributed by atoms with van der Waals surface area (Å²) in [4.78, 5) is 4.91. The fourth-order valence-corrected chi connectivity index (χ4v) is 3.72. The zero-order valence-corrected chi connectivity index (χ0v) is 17.6. The van der Waals surface area contributed by atoms with Crippen molar-refractivity contribution in [1.82, 2.24) is 9.55 Å². The molecule has 0 aliphatic rings. The number of ether oxygens (including phenoxy) is 1. The number of fused-ring (bicyclic) bond motifs is 1. The number of hydrogen-bond acceptors (Lipinski definition) is 2. The van der Waals surface area contributed by atoms with Crippen molar-refractivity contribution in [3.63, 3.8) is 0 Å². The molecule has 0 aliphatic carbocycles. The van der Waals surface area contributed by atoms with E-state index in [1.54, 1.807) is 0 Å². The van der Waals surface area contributed by atoms with Crippen LogP contribution in [0.4, 0.5) is 0 Å². The highest BCUT2D eigenvalue weighted by molar-refractivity contribution is 5.80. The first-order valence-corrected chi connectivity index (χ1v) is 10.3. The SMILES string of the molecule is Cc1ccc(-c2nc3ccccc3n2CCOc2cc(C)ccc2C(C)C)cc1. The van der Waals surface area contributed by atoms with Gasteiger partial charge in [-0.1, -0.05) is 67.9 Å². The van der Waals surface area contributed by atoms with E-state index in [0.29, 0.717) is 12.5 Å². The Balaban J connectivity index is 1.64. The minimum absolute atomic E-state index is 0.433. The zero-order valence-electron chi connectivity index (χ0n) is 17.6. The maximum absolute atomic E-state index is 6.26. The predicted molar refractivity (Wildman–Crippen MR) is 121 cm³/mol. The van der Waals surface area contributed by atoms with E-state index in [9.17, 15) is 0 Å². The molecule has 1 heterocycles. The summed E-state index contributed by atoms with van der Waals surface area (Å²) in [5, 5.41) is 0. The molecule has 0 aliphatic heterocycles. The lowest BCUT2D eigenvalue weighted by atomic mass is 10.0. The van der Waals surface area contributed by atoms with Gasteiger partial charge < -0.3 is 9.30 Å². The number of benzene rings is 3. The summed E-state index contributed by atoms with van der Waals surface area (Å²) in [5.74, 6) is 2.41. The average Bonchev–Trinajstić information content (AvgIpc) is 3.07. The van der Waals surface area contributed by atoms with Gasteiger partial charge in [-0.3, -0.25) is 0 Å². The van der Waals surface area contributed by atoms with Crippen LogP contribution in [0.3, 0.4) is 0 Å². The van der Waals surface area contributed by atoms with E-state index in [4.69, 9.17) is 9.72 Å². The molecule has 3 nitrogen and oxygen atoms in total. The fourth-order valence-electron chi connectivity index (χ4n) is 3.72. The molecule has 0 fully saturated rings. The average molecular weight is 385 g/mol. The summed E-state index contributed by atoms with van der Waals surface area (Å²) < 4.78 is 8.53. The van der Waals surface area contributed by atoms with Gasteiger partial charge in [-0.15, -0.1) is 0 Å². The monoisotopic (exact) mass is 384 g/mol. The second-order valence-corrected chi connectivity index (χ2v) is 7.99. The molecule has 0 amide bonds. The Labute approximate surface area is 173 Å². The molecular weight excluding hydrogens is 356 g/mol. The second-order valence-electron chi connectivity index (χ2n) is 7.99. The van der Waals surface area contributed by atoms with Gasteiger partial charge in [-0.2, -0.15) is 0 Å². The topological polar surface area (TPSA) is 27.1 Å². The third-order valence-corrected chi connectivity index (χ3v) is 5.33. The van der Waals surface area contributed by atoms with E-state index < -0.39 is 0 Å². The Kier molecular flexibility index (Phi) is 5.39. The van der Waals surface area contributed by atoms with Crippen LogP contribution in [0.15, 0.2) is 66.7 Å². The van der Waals surface area contributed by atoms with Crippen molar-refractivity contribution in [2.24, 2.45) is 0 Å². The van der Waals surface area contributed by atoms with Crippen molar-refractivity contribution in [1.29, 1.82) is 0 Å². The van der Waals surface area contributed by atoms with Crippen molar-refractivity contribution in [3.05, 3.63) is 83.4 Å². The third kappa shape index (κ3) is 4.04. The van der Waals surface area contributed by atoms with Crippen LogP contribution in [0.2, 0.25) is 0 Å². The first-order chi connectivity index (χ1) is 14.0. The van der Waals surface area contributed by atoms with Crippen molar-refractivity contribution < 1.29 is 4.74 Å². The van der Waals surface area contributed by atoms with E-state index in [-0.39, 0.29) is 0 Å². The van der Waals surface area contributed by atoms with E-state index >= 15 is 0 Å². The summed E-state index contributed by atoms with van der Waals surface area (Å²) in [6, 6.07) is 23.3. The van der Waals surface area contributed by atoms with E-state index in [1.165, 1.54) is 16.7 Å². The highest BCUT2D eigenvalue weighted by atomic mass is 16.5. The van der Waals surface area contributed by atoms with E-state index in [2.05, 4.69) is 92.9 Å². The minimum Gasteiger partial charge on any atom is -0.491 e. The standard InChI is InChI=1S/C26H28N2O/c1-18(2)22-14-11-20(4)17-25(22)29-16-15-28-24-8-6-5-7-23(24)27-26(28)21-12-9-19(3)10-13-21/h5-14,17-18H,15-16H2,1-4H3. The number of para-hydroxylation sites is 2. The molecule has 29 heavy (non-hydrogen) atoms. The van der Waals surface area contributed by atoms with Crippen molar-refractivity contribution >= 4 is 11.0 Å². The van der Waals surface area contributed by atoms with Gasteiger partial charge in [0.1, 0.15) is 18.2 Å². The van der Waals surface area contributed by atoms with Gasteiger partial charge in [0, 0.05) is 5.56 Å². The molecule has 4 rings (SSSR count). The molecule has 3 heteroatoms. The van der Waals surface area contributed by atoms with Crippen molar-refractivity contribution in [2.75, 3.05) is 6.61 Å². The van der Waals surface area contributed by atoms with Crippen LogP contribution in [0, 0.1) is 13.8 Å². The minimum atomic E-state index is 0.433. The predicted octanol–water partition coefficient (Wildman–Crippen LogP) is 6.52. The quantitative estimate of drug-likeness (QED) is 0.378. The highest BCUT2D eigenvalue weighted by Crippen LogP contribution is 2.28. The molecule has 0 unspecified atom stereocenters. The Morgan fingerprint density at radius 3 is 2.38 bits per heavy atom. The summed E-state index contributed by atoms with van der Waals surface area (Å²) in [6.07, 6.45) is 0. The number of rotatable bonds is 6. The first kappa shape index (κ1) is 19.3. The molecular formula is C26H28N2O. The van der Waals surface area contributed by atoms with Crippen LogP contribution in [-0.2, 0) is 6.54 Å². The molecule has 148 valence electrons. The Hall–Kier alpha value is -3.07. The number of hydrogen-bond donors (Lipinski definition) is 0. The fraction of sp³-hybridized carbons (Fsp3) is 0.269. The van der Waals surface area contributed by atoms with Crippen LogP contribution in [0.1, 0.15) is 36.5 Å². The molecule has 0 atom stereocenters. The summed E-state index contributed by atoms with van der Waals surface area (Å²) in [7, 11) is 0. The van der Waals surface area contributed by atoms with E-state index in [1.807, 2.05) is 6.07 Å². The number of imidazole rings is 1. The summed E-state index contributed by atoms with van der Waals surface area (Å²) in [5.41, 5.74) is 7.01. The van der Waals surface area contributed by atoms with Crippen molar-refractivity contribution in [3.8, 4) is 17.1 Å². The third-order valence-electron chi connectivity index (χ3n) is 5.33. The van der Waals surface area contributed by atoms with Gasteiger partial charge in [0.25, 0.3) is 0 Å². The first-order valence-electron chi connectivity index (χ1n) is 10.3. The number of nitrogens with zero attached hydrogens (tertiary/aromatic N) is 2. The highest BCUT2D eigenvalue weighted by Gasteiger charge is 2.13. The molecule has 4 aromatic rings. The Bertz CT molecular complexity index is 1120. The molecule has 0 saturated carbocycles. The lowest BCUT2D eigenvalue weighted by Crippen LogP contribution is -2.10. The molecule has 3 aromatic carbocycles. The lowest BCUT2D eigenvalue weighted by molar-refractivity contribution is 0.296. The van der Waals surface area contributed by atoms with Crippen molar-refractivity contribution in [2.45, 2.75) is 40.2 Å². The Morgan fingerprint density at radius 1 is 0.897 bits per heavy atom. The molecule has 0 N–H and O–H groups in total. The molecule has 0 bridgehead atoms. The largest absolute Gasteiger partial charge is 0.491 e. The van der Waals surface area contributed by atoms with Gasteiger partial charge in [0.15, 0.2) is 0 Å². The van der Waals surface area contributed by atoms with Crippen LogP contribution in [-0.4, -0.2) is 16.2 Å². The van der Waals surface area contributed by atoms with Crippen LogP contribution >= 0.6 is 0 Å². The van der Waals surface area contributed by atoms with Gasteiger partial charge in [-0.05, 0) is 49.1 Å². The zero-order chi connectivity index (χ0) is 20.4. The number of aryl methyl sites for hydroxylation is 2. The number of aromatic nitrogens is 2. The van der Waals surface area contributed by atoms with Crippen LogP contribution < -0.4 is 4.74 Å². The van der Waals surface area contributed by atoms with Crippen LogP contribution in [0.5, 0.6) is 5.75 Å². The smallest absolute Gasteiger partial charge is 0.141 e. The molecule has 0 spiro atoms. The maximum Gasteiger partial charge on any atom is 0.141 e. The van der Waals surface area contributed by atoms with Gasteiger partial charge in [0.05, 0.1) is 17.6 Å². The maximum atomic E-state index is 6.26. The molecule has 1 aromatic heterocycles. The summed E-state index contributed by atoms with van der Waals surface area (Å²) in [6.45, 7) is 9.97. The second kappa shape index (κ2) is 8.12. The molecule has 0 radical (unpaired) electrons. The Morgan fingerprint density at radius 2 is 1.62 bits per heavy atom. The normalized spacial score (nSPS) is 11.3. The van der Waals surface area contributed by atoms with E-state index in [0.717, 1.165) is 34.7 Å². The van der Waals surface area contributed by atoms with Crippen LogP contribution in [0.25, 0.3) is 22.4 Å². The van der Waals surface area contributed by atoms with Gasteiger partial charge >= 0.3 is 0 Å². The lowest BCUT2D eigenvalue weighted by Gasteiger charge is -2.16.